The molecule has 0 spiro atoms. The molecule has 7 heteroatoms. The summed E-state index contributed by atoms with van der Waals surface area (Å²) < 4.78 is 43.2. The highest BCUT2D eigenvalue weighted by molar-refractivity contribution is 5.19. The van der Waals surface area contributed by atoms with Crippen molar-refractivity contribution in [3.8, 4) is 11.8 Å². The summed E-state index contributed by atoms with van der Waals surface area (Å²) in [6.07, 6.45) is -4.84. The number of rotatable bonds is 2. The lowest BCUT2D eigenvalue weighted by Gasteiger charge is -2.09. The molecule has 0 amide bonds. The number of alkyl halides is 3. The highest BCUT2D eigenvalue weighted by Crippen LogP contribution is 2.20. The molecule has 0 saturated heterocycles. The molecule has 0 aromatic carbocycles. The summed E-state index contributed by atoms with van der Waals surface area (Å²) in [4.78, 5) is 12.9. The van der Waals surface area contributed by atoms with Gasteiger partial charge in [0, 0.05) is 12.1 Å². The highest BCUT2D eigenvalue weighted by Gasteiger charge is 2.31. The number of H-pyrrole nitrogens is 1. The minimum atomic E-state index is -4.84. The zero-order valence-corrected chi connectivity index (χ0v) is 7.01. The van der Waals surface area contributed by atoms with Gasteiger partial charge in [0.05, 0.1) is 7.11 Å². The van der Waals surface area contributed by atoms with E-state index in [2.05, 4.69) is 14.5 Å². The normalized spacial score (nSPS) is 11.1. The van der Waals surface area contributed by atoms with E-state index in [4.69, 9.17) is 0 Å². The zero-order chi connectivity index (χ0) is 10.8. The number of ether oxygens (including phenoxy) is 2. The van der Waals surface area contributed by atoms with E-state index in [9.17, 15) is 18.0 Å². The summed E-state index contributed by atoms with van der Waals surface area (Å²) in [5.74, 6) is -0.807. The predicted octanol–water partition coefficient (Wildman–Crippen LogP) is 1.28. The molecule has 4 nitrogen and oxygen atoms in total. The smallest absolute Gasteiger partial charge is 0.482 e. The van der Waals surface area contributed by atoms with Crippen molar-refractivity contribution in [2.24, 2.45) is 0 Å². The lowest BCUT2D eigenvalue weighted by atomic mass is 10.4. The Morgan fingerprint density at radius 1 is 1.29 bits per heavy atom. The second-order valence-electron chi connectivity index (χ2n) is 2.30. The first-order chi connectivity index (χ1) is 6.40. The lowest BCUT2D eigenvalue weighted by Crippen LogP contribution is -2.19. The van der Waals surface area contributed by atoms with Gasteiger partial charge in [0.15, 0.2) is 11.3 Å². The number of pyridine rings is 1. The summed E-state index contributed by atoms with van der Waals surface area (Å²) in [6, 6.07) is 1.68. The molecule has 1 aromatic heterocycles. The van der Waals surface area contributed by atoms with E-state index in [0.29, 0.717) is 6.07 Å². The molecule has 1 rings (SSSR count). The summed E-state index contributed by atoms with van der Waals surface area (Å²) in [7, 11) is 1.21. The monoisotopic (exact) mass is 209 g/mol. The third-order valence-corrected chi connectivity index (χ3v) is 1.24. The third-order valence-electron chi connectivity index (χ3n) is 1.24. The van der Waals surface area contributed by atoms with Crippen LogP contribution >= 0.6 is 0 Å². The summed E-state index contributed by atoms with van der Waals surface area (Å²) in [5, 5.41) is 0. The van der Waals surface area contributed by atoms with Crippen LogP contribution in [0.25, 0.3) is 0 Å². The largest absolute Gasteiger partial charge is 0.574 e. The van der Waals surface area contributed by atoms with E-state index in [-0.39, 0.29) is 5.88 Å². The van der Waals surface area contributed by atoms with E-state index < -0.39 is 17.7 Å². The first kappa shape index (κ1) is 10.4. The number of hydrogen-bond acceptors (Lipinski definition) is 3. The van der Waals surface area contributed by atoms with Gasteiger partial charge in [-0.25, -0.2) is 0 Å². The number of hydrogen-bond donors (Lipinski definition) is 1. The fourth-order valence-corrected chi connectivity index (χ4v) is 0.783. The number of nitrogens with one attached hydrogen (secondary N) is 1. The molecular formula is C7H6F3NO3. The molecule has 0 aliphatic rings. The second kappa shape index (κ2) is 3.60. The van der Waals surface area contributed by atoms with Crippen LogP contribution in [0, 0.1) is 0 Å². The molecule has 0 aliphatic carbocycles. The van der Waals surface area contributed by atoms with Gasteiger partial charge in [0.1, 0.15) is 0 Å². The zero-order valence-electron chi connectivity index (χ0n) is 7.01. The number of aromatic nitrogens is 1. The maximum absolute atomic E-state index is 11.7. The van der Waals surface area contributed by atoms with Crippen molar-refractivity contribution in [2.45, 2.75) is 6.36 Å². The molecule has 0 bridgehead atoms. The van der Waals surface area contributed by atoms with Crippen LogP contribution in [0.15, 0.2) is 16.9 Å². The van der Waals surface area contributed by atoms with Crippen molar-refractivity contribution in [3.05, 3.63) is 22.4 Å². The average Bonchev–Trinajstić information content (AvgIpc) is 1.99. The van der Waals surface area contributed by atoms with E-state index in [0.717, 1.165) is 6.07 Å². The van der Waals surface area contributed by atoms with E-state index in [1.165, 1.54) is 7.11 Å². The minimum absolute atomic E-state index is 0.100. The maximum Gasteiger partial charge on any atom is 0.574 e. The lowest BCUT2D eigenvalue weighted by molar-refractivity contribution is -0.276. The molecule has 1 N–H and O–H groups in total. The first-order valence-corrected chi connectivity index (χ1v) is 3.45. The van der Waals surface area contributed by atoms with E-state index >= 15 is 0 Å². The van der Waals surface area contributed by atoms with Crippen LogP contribution in [0.3, 0.4) is 0 Å². The molecule has 0 aliphatic heterocycles. The predicted molar refractivity (Wildman–Crippen MR) is 40.3 cm³/mol. The molecule has 0 fully saturated rings. The molecule has 0 atom stereocenters. The molecule has 0 saturated carbocycles. The molecule has 0 unspecified atom stereocenters. The van der Waals surface area contributed by atoms with Gasteiger partial charge in [0.25, 0.3) is 0 Å². The van der Waals surface area contributed by atoms with Crippen LogP contribution in [0.1, 0.15) is 0 Å². The van der Waals surface area contributed by atoms with Gasteiger partial charge in [0.2, 0.25) is 5.88 Å². The fourth-order valence-electron chi connectivity index (χ4n) is 0.783. The van der Waals surface area contributed by atoms with Gasteiger partial charge in [-0.3, -0.25) is 9.78 Å². The van der Waals surface area contributed by atoms with Crippen LogP contribution in [0.4, 0.5) is 13.2 Å². The minimum Gasteiger partial charge on any atom is -0.482 e. The number of methoxy groups -OCH3 is 1. The van der Waals surface area contributed by atoms with Gasteiger partial charge >= 0.3 is 6.36 Å². The highest BCUT2D eigenvalue weighted by atomic mass is 19.4. The van der Waals surface area contributed by atoms with Crippen LogP contribution in [-0.2, 0) is 0 Å². The standard InChI is InChI=1S/C7H6F3NO3/c1-13-5-2-4(12)3-6(11-5)14-7(8,9)10/h2-3H,1H3,(H,11,12). The Bertz CT molecular complexity index is 371. The van der Waals surface area contributed by atoms with Gasteiger partial charge < -0.3 is 9.47 Å². The summed E-state index contributed by atoms with van der Waals surface area (Å²) in [6.45, 7) is 0. The molecular weight excluding hydrogens is 203 g/mol. The van der Waals surface area contributed by atoms with Crippen LogP contribution in [0.5, 0.6) is 11.8 Å². The van der Waals surface area contributed by atoms with Gasteiger partial charge in [-0.1, -0.05) is 0 Å². The summed E-state index contributed by atoms with van der Waals surface area (Å²) >= 11 is 0. The van der Waals surface area contributed by atoms with Gasteiger partial charge in [-0.15, -0.1) is 13.2 Å². The molecule has 0 radical (unpaired) electrons. The van der Waals surface area contributed by atoms with Crippen LogP contribution in [0.2, 0.25) is 0 Å². The Morgan fingerprint density at radius 2 is 1.86 bits per heavy atom. The van der Waals surface area contributed by atoms with Crippen LogP contribution in [-0.4, -0.2) is 18.5 Å². The van der Waals surface area contributed by atoms with Crippen molar-refractivity contribution in [1.82, 2.24) is 4.98 Å². The second-order valence-corrected chi connectivity index (χ2v) is 2.30. The van der Waals surface area contributed by atoms with Crippen molar-refractivity contribution >= 4 is 0 Å². The Hall–Kier alpha value is -1.66. The number of aromatic amines is 1. The van der Waals surface area contributed by atoms with Crippen molar-refractivity contribution in [1.29, 1.82) is 0 Å². The fraction of sp³-hybridized carbons (Fsp3) is 0.286. The maximum atomic E-state index is 11.7. The molecule has 1 heterocycles. The molecule has 14 heavy (non-hydrogen) atoms. The summed E-state index contributed by atoms with van der Waals surface area (Å²) in [5.41, 5.74) is -0.639. The Balaban J connectivity index is 2.98. The van der Waals surface area contributed by atoms with E-state index in [1.54, 1.807) is 0 Å². The van der Waals surface area contributed by atoms with Crippen molar-refractivity contribution in [3.63, 3.8) is 0 Å². The Labute approximate surface area is 76.3 Å². The quantitative estimate of drug-likeness (QED) is 0.798. The topological polar surface area (TPSA) is 51.3 Å². The first-order valence-electron chi connectivity index (χ1n) is 3.45. The molecule has 78 valence electrons. The third kappa shape index (κ3) is 3.00. The van der Waals surface area contributed by atoms with Gasteiger partial charge in [-0.2, -0.15) is 0 Å². The number of halogens is 3. The Morgan fingerprint density at radius 3 is 2.36 bits per heavy atom. The van der Waals surface area contributed by atoms with Crippen molar-refractivity contribution in [2.75, 3.05) is 7.11 Å². The van der Waals surface area contributed by atoms with E-state index in [1.807, 2.05) is 0 Å². The molecule has 1 aromatic rings. The van der Waals surface area contributed by atoms with Crippen molar-refractivity contribution < 1.29 is 22.6 Å². The SMILES string of the molecule is COc1cc(=O)cc(OC(F)(F)F)[nH]1. The van der Waals surface area contributed by atoms with Gasteiger partial charge in [-0.05, 0) is 0 Å². The average molecular weight is 209 g/mol. The van der Waals surface area contributed by atoms with Crippen LogP contribution < -0.4 is 14.9 Å². The Kier molecular flexibility index (Phi) is 2.68.